The lowest BCUT2D eigenvalue weighted by molar-refractivity contribution is -0.124. The number of carbonyl (C=O) groups excluding carboxylic acids is 2. The molecule has 0 fully saturated rings. The molecule has 0 radical (unpaired) electrons. The Morgan fingerprint density at radius 3 is 2.25 bits per heavy atom. The number of ketones is 1. The number of rotatable bonds is 10. The van der Waals surface area contributed by atoms with E-state index in [9.17, 15) is 9.59 Å². The van der Waals surface area contributed by atoms with Gasteiger partial charge in [-0.1, -0.05) is 21.6 Å². The van der Waals surface area contributed by atoms with E-state index in [-0.39, 0.29) is 11.7 Å². The molecule has 0 rings (SSSR count). The molecule has 0 aromatic rings. The quantitative estimate of drug-likeness (QED) is 0.457. The number of nitrogens with one attached hydrogen (secondary N) is 2. The Morgan fingerprint density at radius 2 is 1.69 bits per heavy atom. The van der Waals surface area contributed by atoms with Crippen LogP contribution in [0.1, 0.15) is 19.8 Å². The predicted molar refractivity (Wildman–Crippen MR) is 71.8 cm³/mol. The smallest absolute Gasteiger partial charge is 0.220 e. The van der Waals surface area contributed by atoms with Gasteiger partial charge in [0.25, 0.3) is 0 Å². The van der Waals surface area contributed by atoms with Gasteiger partial charge in [0.05, 0.1) is 0 Å². The summed E-state index contributed by atoms with van der Waals surface area (Å²) in [6, 6.07) is 0. The summed E-state index contributed by atoms with van der Waals surface area (Å²) in [6.07, 6.45) is 0.656. The lowest BCUT2D eigenvalue weighted by Crippen LogP contribution is -2.25. The monoisotopic (exact) mass is 264 g/mol. The van der Waals surface area contributed by atoms with Crippen LogP contribution in [0.4, 0.5) is 0 Å². The van der Waals surface area contributed by atoms with Gasteiger partial charge in [-0.2, -0.15) is 0 Å². The third-order valence-corrected chi connectivity index (χ3v) is 4.14. The lowest BCUT2D eigenvalue weighted by Gasteiger charge is -2.04. The summed E-state index contributed by atoms with van der Waals surface area (Å²) in [7, 11) is 5.48. The summed E-state index contributed by atoms with van der Waals surface area (Å²) in [6.45, 7) is 3.18. The van der Waals surface area contributed by atoms with Crippen LogP contribution in [0.5, 0.6) is 0 Å². The van der Waals surface area contributed by atoms with E-state index in [1.54, 1.807) is 21.6 Å². The highest BCUT2D eigenvalue weighted by Crippen LogP contribution is 2.19. The second-order valence-corrected chi connectivity index (χ2v) is 6.00. The van der Waals surface area contributed by atoms with Gasteiger partial charge in [-0.15, -0.1) is 0 Å². The molecule has 0 aliphatic rings. The zero-order chi connectivity index (χ0) is 12.2. The van der Waals surface area contributed by atoms with Crippen molar-refractivity contribution in [1.82, 2.24) is 10.6 Å². The molecule has 4 nitrogen and oxygen atoms in total. The molecule has 0 aromatic carbocycles. The molecular formula is C10H20N2O2S2. The number of hydrogen-bond donors (Lipinski definition) is 2. The van der Waals surface area contributed by atoms with E-state index >= 15 is 0 Å². The maximum absolute atomic E-state index is 11.2. The highest BCUT2D eigenvalue weighted by molar-refractivity contribution is 8.76. The van der Waals surface area contributed by atoms with Crippen LogP contribution >= 0.6 is 21.6 Å². The molecule has 16 heavy (non-hydrogen) atoms. The van der Waals surface area contributed by atoms with Crippen LogP contribution in [0.3, 0.4) is 0 Å². The maximum atomic E-state index is 11.2. The van der Waals surface area contributed by atoms with Crippen LogP contribution < -0.4 is 10.6 Å². The van der Waals surface area contributed by atoms with Crippen molar-refractivity contribution in [1.29, 1.82) is 0 Å². The van der Waals surface area contributed by atoms with Gasteiger partial charge < -0.3 is 15.4 Å². The van der Waals surface area contributed by atoms with Crippen molar-refractivity contribution in [2.75, 3.05) is 31.6 Å². The lowest BCUT2D eigenvalue weighted by atomic mass is 10.2. The molecule has 0 saturated heterocycles. The molecule has 0 atom stereocenters. The first-order chi connectivity index (χ1) is 7.66. The Morgan fingerprint density at radius 1 is 1.06 bits per heavy atom. The van der Waals surface area contributed by atoms with Crippen molar-refractivity contribution >= 4 is 33.3 Å². The molecule has 1 amide bonds. The van der Waals surface area contributed by atoms with E-state index in [4.69, 9.17) is 0 Å². The van der Waals surface area contributed by atoms with Crippen LogP contribution in [-0.4, -0.2) is 43.3 Å². The first kappa shape index (κ1) is 15.8. The number of carbonyl (C=O) groups is 2. The molecule has 0 aromatic heterocycles. The highest BCUT2D eigenvalue weighted by Gasteiger charge is 2.02. The Labute approximate surface area is 105 Å². The fourth-order valence-corrected chi connectivity index (χ4v) is 2.79. The second-order valence-electron chi connectivity index (χ2n) is 3.30. The minimum absolute atomic E-state index is 0.0315. The molecule has 0 bridgehead atoms. The summed E-state index contributed by atoms with van der Waals surface area (Å²) in [5.74, 6) is 2.00. The molecule has 0 saturated carbocycles. The molecule has 94 valence electrons. The second kappa shape index (κ2) is 11.3. The molecule has 6 heteroatoms. The van der Waals surface area contributed by atoms with Gasteiger partial charge in [-0.3, -0.25) is 4.79 Å². The standard InChI is InChI=1S/C10H20N2O2S2/c1-9(13)3-4-10(14)12-6-8-16-15-7-5-11-2/h11H,3-8H2,1-2H3,(H,12,14). The van der Waals surface area contributed by atoms with Crippen LogP contribution in [0.2, 0.25) is 0 Å². The van der Waals surface area contributed by atoms with Crippen molar-refractivity contribution < 1.29 is 9.59 Å². The van der Waals surface area contributed by atoms with Gasteiger partial charge in [-0.25, -0.2) is 0 Å². The van der Waals surface area contributed by atoms with Crippen molar-refractivity contribution in [2.45, 2.75) is 19.8 Å². The van der Waals surface area contributed by atoms with E-state index < -0.39 is 0 Å². The fraction of sp³-hybridized carbons (Fsp3) is 0.800. The minimum Gasteiger partial charge on any atom is -0.355 e. The molecule has 0 unspecified atom stereocenters. The molecule has 2 N–H and O–H groups in total. The Balaban J connectivity index is 3.18. The average molecular weight is 264 g/mol. The maximum Gasteiger partial charge on any atom is 0.220 e. The first-order valence-electron chi connectivity index (χ1n) is 5.32. The van der Waals surface area contributed by atoms with Gasteiger partial charge >= 0.3 is 0 Å². The van der Waals surface area contributed by atoms with Crippen molar-refractivity contribution in [3.05, 3.63) is 0 Å². The van der Waals surface area contributed by atoms with Gasteiger partial charge in [0.2, 0.25) is 5.91 Å². The van der Waals surface area contributed by atoms with Gasteiger partial charge in [0.1, 0.15) is 5.78 Å². The minimum atomic E-state index is -0.0315. The third-order valence-electron chi connectivity index (χ3n) is 1.73. The van der Waals surface area contributed by atoms with E-state index in [1.807, 2.05) is 7.05 Å². The summed E-state index contributed by atoms with van der Waals surface area (Å²) < 4.78 is 0. The topological polar surface area (TPSA) is 58.2 Å². The summed E-state index contributed by atoms with van der Waals surface area (Å²) in [5, 5.41) is 5.86. The van der Waals surface area contributed by atoms with E-state index in [0.717, 1.165) is 18.1 Å². The van der Waals surface area contributed by atoms with Gasteiger partial charge in [0, 0.05) is 37.4 Å². The summed E-state index contributed by atoms with van der Waals surface area (Å²) in [4.78, 5) is 21.8. The van der Waals surface area contributed by atoms with Crippen molar-refractivity contribution in [3.8, 4) is 0 Å². The molecule has 0 spiro atoms. The van der Waals surface area contributed by atoms with E-state index in [2.05, 4.69) is 10.6 Å². The van der Waals surface area contributed by atoms with Gasteiger partial charge in [0.15, 0.2) is 0 Å². The number of Topliss-reactive ketones (excluding diaryl/α,β-unsaturated/α-hetero) is 1. The molecule has 0 aliphatic carbocycles. The van der Waals surface area contributed by atoms with Crippen LogP contribution in [0, 0.1) is 0 Å². The summed E-state index contributed by atoms with van der Waals surface area (Å²) >= 11 is 0. The Bertz CT molecular complexity index is 213. The third kappa shape index (κ3) is 11.9. The normalized spacial score (nSPS) is 10.1. The molecular weight excluding hydrogens is 244 g/mol. The van der Waals surface area contributed by atoms with Crippen molar-refractivity contribution in [2.24, 2.45) is 0 Å². The average Bonchev–Trinajstić information content (AvgIpc) is 2.25. The van der Waals surface area contributed by atoms with Crippen LogP contribution in [0.25, 0.3) is 0 Å². The van der Waals surface area contributed by atoms with Gasteiger partial charge in [-0.05, 0) is 14.0 Å². The highest BCUT2D eigenvalue weighted by atomic mass is 33.1. The number of amides is 1. The Hall–Kier alpha value is -0.200. The SMILES string of the molecule is CNCCSSCCNC(=O)CCC(C)=O. The fourth-order valence-electron chi connectivity index (χ4n) is 0.872. The Kier molecular flexibility index (Phi) is 11.1. The first-order valence-corrected chi connectivity index (χ1v) is 7.80. The molecule has 0 heterocycles. The van der Waals surface area contributed by atoms with E-state index in [1.165, 1.54) is 6.92 Å². The zero-order valence-electron chi connectivity index (χ0n) is 9.88. The van der Waals surface area contributed by atoms with Crippen LogP contribution in [-0.2, 0) is 9.59 Å². The summed E-state index contributed by atoms with van der Waals surface area (Å²) in [5.41, 5.74) is 0. The number of hydrogen-bond acceptors (Lipinski definition) is 5. The van der Waals surface area contributed by atoms with E-state index in [0.29, 0.717) is 19.4 Å². The van der Waals surface area contributed by atoms with Crippen molar-refractivity contribution in [3.63, 3.8) is 0 Å². The van der Waals surface area contributed by atoms with Crippen LogP contribution in [0.15, 0.2) is 0 Å². The zero-order valence-corrected chi connectivity index (χ0v) is 11.5. The molecule has 0 aliphatic heterocycles. The largest absolute Gasteiger partial charge is 0.355 e. The predicted octanol–water partition coefficient (Wildman–Crippen LogP) is 1.07.